The number of aromatic nitrogens is 1. The lowest BCUT2D eigenvalue weighted by Crippen LogP contribution is -2.05. The number of fused-ring (bicyclic) bond motifs is 1. The third-order valence-corrected chi connectivity index (χ3v) is 2.62. The number of ether oxygens (including phenoxy) is 1. The van der Waals surface area contributed by atoms with Crippen molar-refractivity contribution < 1.29 is 13.9 Å². The van der Waals surface area contributed by atoms with Gasteiger partial charge in [-0.05, 0) is 22.9 Å². The van der Waals surface area contributed by atoms with Gasteiger partial charge in [0.05, 0.1) is 22.2 Å². The number of nitrogen functional groups attached to an aromatic ring is 1. The normalized spacial score (nSPS) is 10.6. The molecule has 0 radical (unpaired) electrons. The summed E-state index contributed by atoms with van der Waals surface area (Å²) < 4.78 is 10.8. The van der Waals surface area contributed by atoms with Crippen molar-refractivity contribution in [2.24, 2.45) is 0 Å². The van der Waals surface area contributed by atoms with Gasteiger partial charge in [0.2, 0.25) is 5.76 Å². The first-order valence-corrected chi connectivity index (χ1v) is 5.43. The standard InChI is InChI=1S/C10H9BrN2O3/c1-2-15-10(14)9-7(12)5-3-13-4-6(11)8(5)16-9/h3-4H,2,12H2,1H3. The minimum Gasteiger partial charge on any atom is -0.460 e. The van der Waals surface area contributed by atoms with Crippen molar-refractivity contribution in [2.45, 2.75) is 6.92 Å². The zero-order valence-electron chi connectivity index (χ0n) is 8.49. The summed E-state index contributed by atoms with van der Waals surface area (Å²) in [6.45, 7) is 1.99. The topological polar surface area (TPSA) is 78.3 Å². The van der Waals surface area contributed by atoms with Crippen LogP contribution in [-0.2, 0) is 4.74 Å². The molecule has 0 aliphatic rings. The average molecular weight is 285 g/mol. The zero-order valence-corrected chi connectivity index (χ0v) is 10.1. The number of carbonyl (C=O) groups excluding carboxylic acids is 1. The molecule has 0 amide bonds. The maximum absolute atomic E-state index is 11.5. The van der Waals surface area contributed by atoms with Gasteiger partial charge >= 0.3 is 5.97 Å². The summed E-state index contributed by atoms with van der Waals surface area (Å²) in [5.41, 5.74) is 6.53. The lowest BCUT2D eigenvalue weighted by atomic mass is 10.3. The minimum atomic E-state index is -0.567. The Morgan fingerprint density at radius 2 is 2.38 bits per heavy atom. The summed E-state index contributed by atoms with van der Waals surface area (Å²) in [4.78, 5) is 15.5. The molecule has 2 N–H and O–H groups in total. The lowest BCUT2D eigenvalue weighted by molar-refractivity contribution is 0.0494. The molecule has 6 heteroatoms. The Morgan fingerprint density at radius 3 is 3.00 bits per heavy atom. The summed E-state index contributed by atoms with van der Waals surface area (Å²) in [6.07, 6.45) is 3.11. The van der Waals surface area contributed by atoms with Crippen molar-refractivity contribution in [1.82, 2.24) is 4.98 Å². The summed E-state index contributed by atoms with van der Waals surface area (Å²) in [5.74, 6) is -0.548. The van der Waals surface area contributed by atoms with E-state index in [1.807, 2.05) is 0 Å². The van der Waals surface area contributed by atoms with Crippen LogP contribution in [0.4, 0.5) is 5.69 Å². The Kier molecular flexibility index (Phi) is 2.82. The summed E-state index contributed by atoms with van der Waals surface area (Å²) in [6, 6.07) is 0. The summed E-state index contributed by atoms with van der Waals surface area (Å²) >= 11 is 3.27. The van der Waals surface area contributed by atoms with Crippen molar-refractivity contribution in [3.8, 4) is 0 Å². The predicted molar refractivity (Wildman–Crippen MR) is 62.1 cm³/mol. The molecule has 84 valence electrons. The van der Waals surface area contributed by atoms with Crippen molar-refractivity contribution in [2.75, 3.05) is 12.3 Å². The molecule has 0 aliphatic heterocycles. The fourth-order valence-corrected chi connectivity index (χ4v) is 1.76. The summed E-state index contributed by atoms with van der Waals surface area (Å²) in [7, 11) is 0. The largest absolute Gasteiger partial charge is 0.460 e. The van der Waals surface area contributed by atoms with E-state index in [-0.39, 0.29) is 18.1 Å². The van der Waals surface area contributed by atoms with Crippen LogP contribution in [0.5, 0.6) is 0 Å². The number of anilines is 1. The first kappa shape index (κ1) is 10.9. The van der Waals surface area contributed by atoms with Crippen molar-refractivity contribution in [3.63, 3.8) is 0 Å². The van der Waals surface area contributed by atoms with Gasteiger partial charge in [0.15, 0.2) is 5.58 Å². The minimum absolute atomic E-state index is 0.0190. The molecular weight excluding hydrogens is 276 g/mol. The van der Waals surface area contributed by atoms with Crippen molar-refractivity contribution >= 4 is 38.6 Å². The highest BCUT2D eigenvalue weighted by Gasteiger charge is 2.20. The molecule has 0 aliphatic carbocycles. The number of nitrogens with two attached hydrogens (primary N) is 1. The van der Waals surface area contributed by atoms with E-state index in [9.17, 15) is 4.79 Å². The molecule has 0 saturated heterocycles. The van der Waals surface area contributed by atoms with Crippen LogP contribution in [0.2, 0.25) is 0 Å². The molecule has 0 bridgehead atoms. The number of furan rings is 1. The van der Waals surface area contributed by atoms with Gasteiger partial charge in [-0.2, -0.15) is 0 Å². The molecule has 0 unspecified atom stereocenters. The van der Waals surface area contributed by atoms with E-state index in [0.717, 1.165) is 0 Å². The van der Waals surface area contributed by atoms with Gasteiger partial charge in [0.25, 0.3) is 0 Å². The second kappa shape index (κ2) is 4.13. The number of hydrogen-bond donors (Lipinski definition) is 1. The van der Waals surface area contributed by atoms with E-state index in [4.69, 9.17) is 14.9 Å². The van der Waals surface area contributed by atoms with Crippen LogP contribution in [0, 0.1) is 0 Å². The highest BCUT2D eigenvalue weighted by molar-refractivity contribution is 9.10. The lowest BCUT2D eigenvalue weighted by Gasteiger charge is -1.97. The molecule has 5 nitrogen and oxygen atoms in total. The van der Waals surface area contributed by atoms with Crippen LogP contribution in [0.25, 0.3) is 11.0 Å². The van der Waals surface area contributed by atoms with Crippen molar-refractivity contribution in [1.29, 1.82) is 0 Å². The second-order valence-corrected chi connectivity index (χ2v) is 3.92. The maximum atomic E-state index is 11.5. The molecule has 16 heavy (non-hydrogen) atoms. The van der Waals surface area contributed by atoms with E-state index in [2.05, 4.69) is 20.9 Å². The Hall–Kier alpha value is -1.56. The third-order valence-electron chi connectivity index (χ3n) is 2.05. The Bertz CT molecular complexity index is 550. The maximum Gasteiger partial charge on any atom is 0.376 e. The SMILES string of the molecule is CCOC(=O)c1oc2c(Br)cncc2c1N. The Labute approximate surface area is 99.7 Å². The molecule has 2 aromatic rings. The quantitative estimate of drug-likeness (QED) is 0.857. The molecule has 0 fully saturated rings. The number of rotatable bonds is 2. The molecule has 0 saturated carbocycles. The molecule has 2 aromatic heterocycles. The third kappa shape index (κ3) is 1.65. The summed E-state index contributed by atoms with van der Waals surface area (Å²) in [5, 5.41) is 0.595. The van der Waals surface area contributed by atoms with Crippen LogP contribution in [0.15, 0.2) is 21.3 Å². The number of halogens is 1. The molecule has 2 heterocycles. The highest BCUT2D eigenvalue weighted by Crippen LogP contribution is 2.32. The number of carbonyl (C=O) groups is 1. The number of hydrogen-bond acceptors (Lipinski definition) is 5. The van der Waals surface area contributed by atoms with E-state index >= 15 is 0 Å². The van der Waals surface area contributed by atoms with Crippen LogP contribution in [-0.4, -0.2) is 17.6 Å². The number of nitrogens with zero attached hydrogens (tertiary/aromatic N) is 1. The van der Waals surface area contributed by atoms with Gasteiger partial charge in [0.1, 0.15) is 0 Å². The Balaban J connectivity index is 2.60. The smallest absolute Gasteiger partial charge is 0.376 e. The van der Waals surface area contributed by atoms with Gasteiger partial charge in [0, 0.05) is 12.4 Å². The molecule has 0 atom stereocenters. The van der Waals surface area contributed by atoms with Gasteiger partial charge < -0.3 is 14.9 Å². The van der Waals surface area contributed by atoms with E-state index in [0.29, 0.717) is 15.4 Å². The number of esters is 1. The van der Waals surface area contributed by atoms with Crippen LogP contribution >= 0.6 is 15.9 Å². The van der Waals surface area contributed by atoms with Crippen LogP contribution < -0.4 is 5.73 Å². The van der Waals surface area contributed by atoms with Crippen LogP contribution in [0.3, 0.4) is 0 Å². The molecule has 2 rings (SSSR count). The monoisotopic (exact) mass is 284 g/mol. The first-order chi connectivity index (χ1) is 7.65. The first-order valence-electron chi connectivity index (χ1n) is 4.63. The fourth-order valence-electron chi connectivity index (χ4n) is 1.35. The molecule has 0 spiro atoms. The zero-order chi connectivity index (χ0) is 11.7. The van der Waals surface area contributed by atoms with Gasteiger partial charge in [-0.3, -0.25) is 4.98 Å². The van der Waals surface area contributed by atoms with Gasteiger partial charge in [-0.25, -0.2) is 4.79 Å². The van der Waals surface area contributed by atoms with Gasteiger partial charge in [-0.1, -0.05) is 0 Å². The fraction of sp³-hybridized carbons (Fsp3) is 0.200. The van der Waals surface area contributed by atoms with E-state index in [1.165, 1.54) is 0 Å². The number of pyridine rings is 1. The van der Waals surface area contributed by atoms with E-state index in [1.54, 1.807) is 19.3 Å². The molecule has 0 aromatic carbocycles. The average Bonchev–Trinajstić information content (AvgIpc) is 2.59. The highest BCUT2D eigenvalue weighted by atomic mass is 79.9. The van der Waals surface area contributed by atoms with Crippen molar-refractivity contribution in [3.05, 3.63) is 22.6 Å². The second-order valence-electron chi connectivity index (χ2n) is 3.06. The van der Waals surface area contributed by atoms with Gasteiger partial charge in [-0.15, -0.1) is 0 Å². The van der Waals surface area contributed by atoms with Crippen LogP contribution in [0.1, 0.15) is 17.5 Å². The molecular formula is C10H9BrN2O3. The van der Waals surface area contributed by atoms with E-state index < -0.39 is 5.97 Å². The Morgan fingerprint density at radius 1 is 1.62 bits per heavy atom. The predicted octanol–water partition coefficient (Wildman–Crippen LogP) is 2.35.